The largest absolute Gasteiger partial charge is 0.396 e. The van der Waals surface area contributed by atoms with Gasteiger partial charge in [-0.1, -0.05) is 6.07 Å². The smallest absolute Gasteiger partial charge is 0.191 e. The van der Waals surface area contributed by atoms with E-state index in [2.05, 4.69) is 15.6 Å². The zero-order valence-corrected chi connectivity index (χ0v) is 16.5. The third kappa shape index (κ3) is 6.09. The third-order valence-electron chi connectivity index (χ3n) is 4.31. The predicted octanol–water partition coefficient (Wildman–Crippen LogP) is 1.77. The number of nitriles is 1. The van der Waals surface area contributed by atoms with E-state index in [4.69, 9.17) is 10.00 Å². The van der Waals surface area contributed by atoms with Crippen molar-refractivity contribution in [2.24, 2.45) is 10.4 Å². The highest BCUT2D eigenvalue weighted by Gasteiger charge is 2.34. The molecule has 0 amide bonds. The number of hydrogen-bond acceptors (Lipinski definition) is 4. The van der Waals surface area contributed by atoms with Crippen molar-refractivity contribution < 1.29 is 14.2 Å². The number of nitrogens with one attached hydrogen (secondary N) is 2. The average Bonchev–Trinajstić information content (AvgIpc) is 3.05. The number of nitrogens with zero attached hydrogens (tertiary/aromatic N) is 2. The third-order valence-corrected chi connectivity index (χ3v) is 4.31. The van der Waals surface area contributed by atoms with E-state index in [0.717, 1.165) is 6.42 Å². The van der Waals surface area contributed by atoms with Crippen LogP contribution in [0, 0.1) is 22.6 Å². The summed E-state index contributed by atoms with van der Waals surface area (Å²) in [6, 6.07) is 6.31. The van der Waals surface area contributed by atoms with Crippen molar-refractivity contribution in [1.29, 1.82) is 5.26 Å². The Labute approximate surface area is 164 Å². The molecular weight excluding hydrogens is 438 g/mol. The molecule has 1 aromatic carbocycles. The molecule has 1 aromatic rings. The number of ether oxygens (including phenoxy) is 1. The maximum absolute atomic E-state index is 13.9. The van der Waals surface area contributed by atoms with Gasteiger partial charge < -0.3 is 20.5 Å². The zero-order chi connectivity index (χ0) is 17.4. The summed E-state index contributed by atoms with van der Waals surface area (Å²) < 4.78 is 19.3. The summed E-state index contributed by atoms with van der Waals surface area (Å²) in [5, 5.41) is 24.3. The van der Waals surface area contributed by atoms with Crippen LogP contribution < -0.4 is 10.6 Å². The molecule has 8 heteroatoms. The quantitative estimate of drug-likeness (QED) is 0.341. The molecule has 0 aliphatic carbocycles. The highest BCUT2D eigenvalue weighted by molar-refractivity contribution is 14.0. The minimum Gasteiger partial charge on any atom is -0.396 e. The molecule has 6 nitrogen and oxygen atoms in total. The number of aliphatic imine (C=N–C) groups is 1. The van der Waals surface area contributed by atoms with Gasteiger partial charge in [0.05, 0.1) is 18.2 Å². The Morgan fingerprint density at radius 1 is 1.48 bits per heavy atom. The lowest BCUT2D eigenvalue weighted by molar-refractivity contribution is 0.127. The van der Waals surface area contributed by atoms with Gasteiger partial charge in [-0.05, 0) is 25.0 Å². The molecule has 1 fully saturated rings. The van der Waals surface area contributed by atoms with Crippen LogP contribution in [-0.2, 0) is 11.3 Å². The van der Waals surface area contributed by atoms with E-state index in [0.29, 0.717) is 43.3 Å². The molecule has 0 saturated carbocycles. The lowest BCUT2D eigenvalue weighted by Gasteiger charge is -2.27. The van der Waals surface area contributed by atoms with Gasteiger partial charge in [-0.15, -0.1) is 24.0 Å². The zero-order valence-electron chi connectivity index (χ0n) is 14.2. The number of guanidine groups is 1. The molecular formula is C17H24FIN4O2. The first-order valence-electron chi connectivity index (χ1n) is 7.94. The van der Waals surface area contributed by atoms with Crippen LogP contribution in [0.4, 0.5) is 4.39 Å². The van der Waals surface area contributed by atoms with Crippen LogP contribution in [0.3, 0.4) is 0 Å². The molecule has 0 radical (unpaired) electrons. The second-order valence-corrected chi connectivity index (χ2v) is 5.97. The number of aliphatic hydroxyl groups excluding tert-OH is 1. The van der Waals surface area contributed by atoms with E-state index >= 15 is 0 Å². The lowest BCUT2D eigenvalue weighted by atomic mass is 9.84. The molecule has 0 aromatic heterocycles. The molecule has 1 heterocycles. The molecule has 1 unspecified atom stereocenters. The molecule has 1 atom stereocenters. The fourth-order valence-electron chi connectivity index (χ4n) is 2.74. The van der Waals surface area contributed by atoms with E-state index in [1.807, 2.05) is 6.07 Å². The van der Waals surface area contributed by atoms with Crippen LogP contribution in [0.25, 0.3) is 0 Å². The second-order valence-electron chi connectivity index (χ2n) is 5.97. The van der Waals surface area contributed by atoms with E-state index in [-0.39, 0.29) is 42.5 Å². The first kappa shape index (κ1) is 21.6. The monoisotopic (exact) mass is 462 g/mol. The van der Waals surface area contributed by atoms with Crippen molar-refractivity contribution in [1.82, 2.24) is 10.6 Å². The summed E-state index contributed by atoms with van der Waals surface area (Å²) in [6.07, 6.45) is 1.56. The van der Waals surface area contributed by atoms with Crippen LogP contribution in [0.2, 0.25) is 0 Å². The van der Waals surface area contributed by atoms with Crippen molar-refractivity contribution in [2.75, 3.05) is 33.4 Å². The minimum atomic E-state index is -0.419. The van der Waals surface area contributed by atoms with Gasteiger partial charge in [0.25, 0.3) is 0 Å². The number of hydrogen-bond donors (Lipinski definition) is 3. The van der Waals surface area contributed by atoms with Crippen LogP contribution >= 0.6 is 24.0 Å². The van der Waals surface area contributed by atoms with E-state index < -0.39 is 5.82 Å². The Balaban J connectivity index is 0.00000312. The summed E-state index contributed by atoms with van der Waals surface area (Å²) in [7, 11) is 1.65. The highest BCUT2D eigenvalue weighted by atomic mass is 127. The first-order chi connectivity index (χ1) is 11.6. The van der Waals surface area contributed by atoms with Crippen LogP contribution in [0.1, 0.15) is 24.0 Å². The van der Waals surface area contributed by atoms with Crippen LogP contribution in [-0.4, -0.2) is 44.5 Å². The van der Waals surface area contributed by atoms with Crippen molar-refractivity contribution >= 4 is 29.9 Å². The molecule has 0 spiro atoms. The standard InChI is InChI=1S/C17H23FN4O2.HI/c1-20-16(22-11-17(4-6-23)5-7-24-12-17)21-10-14-3-2-13(9-19)8-15(14)18;/h2-3,8,23H,4-7,10-12H2,1H3,(H2,20,21,22);1H. The molecule has 1 saturated heterocycles. The van der Waals surface area contributed by atoms with Gasteiger partial charge in [0.15, 0.2) is 5.96 Å². The summed E-state index contributed by atoms with van der Waals surface area (Å²) in [5.74, 6) is 0.140. The summed E-state index contributed by atoms with van der Waals surface area (Å²) >= 11 is 0. The van der Waals surface area contributed by atoms with E-state index in [1.54, 1.807) is 19.2 Å². The molecule has 1 aliphatic rings. The fourth-order valence-corrected chi connectivity index (χ4v) is 2.74. The predicted molar refractivity (Wildman–Crippen MR) is 104 cm³/mol. The number of rotatable bonds is 6. The number of halogens is 2. The molecule has 3 N–H and O–H groups in total. The lowest BCUT2D eigenvalue weighted by Crippen LogP contribution is -2.44. The number of benzene rings is 1. The van der Waals surface area contributed by atoms with E-state index in [9.17, 15) is 9.50 Å². The Bertz CT molecular complexity index is 628. The maximum Gasteiger partial charge on any atom is 0.191 e. The normalized spacial score (nSPS) is 19.8. The first-order valence-corrected chi connectivity index (χ1v) is 7.94. The van der Waals surface area contributed by atoms with E-state index in [1.165, 1.54) is 6.07 Å². The summed E-state index contributed by atoms with van der Waals surface area (Å²) in [6.45, 7) is 2.32. The highest BCUT2D eigenvalue weighted by Crippen LogP contribution is 2.31. The Morgan fingerprint density at radius 2 is 2.28 bits per heavy atom. The van der Waals surface area contributed by atoms with Crippen molar-refractivity contribution in [2.45, 2.75) is 19.4 Å². The van der Waals surface area contributed by atoms with Crippen molar-refractivity contribution in [3.05, 3.63) is 35.1 Å². The Kier molecular flexibility index (Phi) is 9.10. The number of aliphatic hydroxyl groups is 1. The fraction of sp³-hybridized carbons (Fsp3) is 0.529. The molecule has 0 bridgehead atoms. The Morgan fingerprint density at radius 3 is 2.84 bits per heavy atom. The minimum absolute atomic E-state index is 0. The van der Waals surface area contributed by atoms with Gasteiger partial charge in [0.1, 0.15) is 5.82 Å². The second kappa shape index (κ2) is 10.5. The topological polar surface area (TPSA) is 89.7 Å². The molecule has 138 valence electrons. The van der Waals surface area contributed by atoms with Crippen molar-refractivity contribution in [3.8, 4) is 6.07 Å². The van der Waals surface area contributed by atoms with Gasteiger partial charge in [-0.2, -0.15) is 5.26 Å². The van der Waals surface area contributed by atoms with Crippen molar-refractivity contribution in [3.63, 3.8) is 0 Å². The van der Waals surface area contributed by atoms with Gasteiger partial charge in [-0.3, -0.25) is 4.99 Å². The van der Waals surface area contributed by atoms with Gasteiger partial charge in [0, 0.05) is 44.3 Å². The van der Waals surface area contributed by atoms with Crippen LogP contribution in [0.15, 0.2) is 23.2 Å². The maximum atomic E-state index is 13.9. The molecule has 2 rings (SSSR count). The van der Waals surface area contributed by atoms with Gasteiger partial charge in [-0.25, -0.2) is 4.39 Å². The summed E-state index contributed by atoms with van der Waals surface area (Å²) in [5.41, 5.74) is 0.670. The van der Waals surface area contributed by atoms with Crippen LogP contribution in [0.5, 0.6) is 0 Å². The SMILES string of the molecule is CN=C(NCc1ccc(C#N)cc1F)NCC1(CCO)CCOC1.I. The van der Waals surface area contributed by atoms with Gasteiger partial charge in [0.2, 0.25) is 0 Å². The molecule has 1 aliphatic heterocycles. The molecule has 25 heavy (non-hydrogen) atoms. The summed E-state index contributed by atoms with van der Waals surface area (Å²) in [4.78, 5) is 4.14. The van der Waals surface area contributed by atoms with Gasteiger partial charge >= 0.3 is 0 Å². The Hall–Kier alpha value is -1.44. The average molecular weight is 462 g/mol.